The minimum Gasteiger partial charge on any atom is -0.397 e. The summed E-state index contributed by atoms with van der Waals surface area (Å²) < 4.78 is 0. The van der Waals surface area contributed by atoms with Gasteiger partial charge in [0.05, 0.1) is 16.9 Å². The number of hydrogen-bond acceptors (Lipinski definition) is 4. The molecule has 5 heteroatoms. The molecule has 1 saturated heterocycles. The first-order valence-corrected chi connectivity index (χ1v) is 7.34. The lowest BCUT2D eigenvalue weighted by Crippen LogP contribution is -2.22. The maximum absolute atomic E-state index is 11.3. The van der Waals surface area contributed by atoms with Crippen molar-refractivity contribution in [1.29, 1.82) is 0 Å². The van der Waals surface area contributed by atoms with Crippen molar-refractivity contribution in [2.24, 2.45) is 11.7 Å². The molecule has 1 aromatic rings. The SMILES string of the molecule is NC(=O)c1cccc(N)c1NCC1CCSCC1. The molecule has 4 nitrogen and oxygen atoms in total. The summed E-state index contributed by atoms with van der Waals surface area (Å²) in [6, 6.07) is 5.24. The number of amides is 1. The summed E-state index contributed by atoms with van der Waals surface area (Å²) in [7, 11) is 0. The van der Waals surface area contributed by atoms with Crippen molar-refractivity contribution in [2.75, 3.05) is 29.1 Å². The quantitative estimate of drug-likeness (QED) is 0.727. The summed E-state index contributed by atoms with van der Waals surface area (Å²) in [6.45, 7) is 0.856. The van der Waals surface area contributed by atoms with Crippen LogP contribution >= 0.6 is 11.8 Å². The highest BCUT2D eigenvalue weighted by Crippen LogP contribution is 2.26. The number of benzene rings is 1. The molecule has 0 unspecified atom stereocenters. The van der Waals surface area contributed by atoms with Crippen molar-refractivity contribution < 1.29 is 4.79 Å². The highest BCUT2D eigenvalue weighted by Gasteiger charge is 2.16. The highest BCUT2D eigenvalue weighted by atomic mass is 32.2. The maximum atomic E-state index is 11.3. The van der Waals surface area contributed by atoms with Gasteiger partial charge >= 0.3 is 0 Å². The van der Waals surface area contributed by atoms with Crippen LogP contribution in [0.5, 0.6) is 0 Å². The number of carbonyl (C=O) groups is 1. The van der Waals surface area contributed by atoms with E-state index in [0.29, 0.717) is 22.9 Å². The lowest BCUT2D eigenvalue weighted by Gasteiger charge is -2.23. The van der Waals surface area contributed by atoms with E-state index in [2.05, 4.69) is 5.32 Å². The lowest BCUT2D eigenvalue weighted by atomic mass is 10.0. The van der Waals surface area contributed by atoms with Crippen LogP contribution in [0.4, 0.5) is 11.4 Å². The molecule has 2 rings (SSSR count). The predicted molar refractivity (Wildman–Crippen MR) is 77.9 cm³/mol. The van der Waals surface area contributed by atoms with E-state index >= 15 is 0 Å². The second-order valence-corrected chi connectivity index (χ2v) is 5.80. The molecule has 0 bridgehead atoms. The van der Waals surface area contributed by atoms with Gasteiger partial charge in [0.1, 0.15) is 0 Å². The van der Waals surface area contributed by atoms with Gasteiger partial charge in [0, 0.05) is 6.54 Å². The van der Waals surface area contributed by atoms with Crippen LogP contribution < -0.4 is 16.8 Å². The van der Waals surface area contributed by atoms with Gasteiger partial charge in [0.25, 0.3) is 5.91 Å². The molecular weight excluding hydrogens is 246 g/mol. The predicted octanol–water partition coefficient (Wildman–Crippen LogP) is 1.92. The molecule has 1 aliphatic heterocycles. The Morgan fingerprint density at radius 1 is 1.39 bits per heavy atom. The smallest absolute Gasteiger partial charge is 0.250 e. The van der Waals surface area contributed by atoms with Crippen molar-refractivity contribution in [1.82, 2.24) is 0 Å². The molecule has 1 amide bonds. The fourth-order valence-corrected chi connectivity index (χ4v) is 3.37. The standard InChI is InChI=1S/C13H19N3OS/c14-11-3-1-2-10(13(15)17)12(11)16-8-9-4-6-18-7-5-9/h1-3,9,16H,4-8,14H2,(H2,15,17). The Balaban J connectivity index is 2.05. The number of primary amides is 1. The Morgan fingerprint density at radius 3 is 2.78 bits per heavy atom. The first kappa shape index (κ1) is 13.1. The van der Waals surface area contributed by atoms with Crippen LogP contribution in [0.15, 0.2) is 18.2 Å². The van der Waals surface area contributed by atoms with Gasteiger partial charge in [-0.05, 0) is 42.4 Å². The topological polar surface area (TPSA) is 81.1 Å². The fourth-order valence-electron chi connectivity index (χ4n) is 2.17. The Kier molecular flexibility index (Phi) is 4.36. The molecule has 0 atom stereocenters. The van der Waals surface area contributed by atoms with Crippen LogP contribution in [0, 0.1) is 5.92 Å². The number of nitrogens with one attached hydrogen (secondary N) is 1. The van der Waals surface area contributed by atoms with Gasteiger partial charge in [-0.15, -0.1) is 0 Å². The number of nitrogen functional groups attached to an aromatic ring is 1. The summed E-state index contributed by atoms with van der Waals surface area (Å²) in [5.74, 6) is 2.66. The maximum Gasteiger partial charge on any atom is 0.250 e. The zero-order chi connectivity index (χ0) is 13.0. The van der Waals surface area contributed by atoms with Gasteiger partial charge in [-0.3, -0.25) is 4.79 Å². The molecular formula is C13H19N3OS. The summed E-state index contributed by atoms with van der Waals surface area (Å²) in [4.78, 5) is 11.3. The average molecular weight is 265 g/mol. The van der Waals surface area contributed by atoms with E-state index < -0.39 is 5.91 Å². The van der Waals surface area contributed by atoms with Crippen LogP contribution in [-0.4, -0.2) is 24.0 Å². The lowest BCUT2D eigenvalue weighted by molar-refractivity contribution is 0.100. The monoisotopic (exact) mass is 265 g/mol. The third-order valence-electron chi connectivity index (χ3n) is 3.27. The Bertz CT molecular complexity index is 430. The van der Waals surface area contributed by atoms with Gasteiger partial charge in [0.2, 0.25) is 0 Å². The minimum atomic E-state index is -0.441. The van der Waals surface area contributed by atoms with Gasteiger partial charge in [0.15, 0.2) is 0 Å². The van der Waals surface area contributed by atoms with E-state index in [-0.39, 0.29) is 0 Å². The molecule has 0 radical (unpaired) electrons. The minimum absolute atomic E-state index is 0.441. The number of para-hydroxylation sites is 1. The third-order valence-corrected chi connectivity index (χ3v) is 4.32. The number of nitrogens with two attached hydrogens (primary N) is 2. The van der Waals surface area contributed by atoms with Crippen molar-refractivity contribution in [3.8, 4) is 0 Å². The fraction of sp³-hybridized carbons (Fsp3) is 0.462. The molecule has 98 valence electrons. The highest BCUT2D eigenvalue weighted by molar-refractivity contribution is 7.99. The molecule has 5 N–H and O–H groups in total. The second kappa shape index (κ2) is 6.00. The number of carbonyl (C=O) groups excluding carboxylic acids is 1. The summed E-state index contributed by atoms with van der Waals surface area (Å²) in [5, 5.41) is 3.30. The van der Waals surface area contributed by atoms with Gasteiger partial charge in [-0.25, -0.2) is 0 Å². The van der Waals surface area contributed by atoms with E-state index in [0.717, 1.165) is 6.54 Å². The molecule has 0 aromatic heterocycles. The summed E-state index contributed by atoms with van der Waals surface area (Å²) >= 11 is 2.00. The number of thioether (sulfide) groups is 1. The van der Waals surface area contributed by atoms with Crippen molar-refractivity contribution in [2.45, 2.75) is 12.8 Å². The first-order chi connectivity index (χ1) is 8.68. The first-order valence-electron chi connectivity index (χ1n) is 6.18. The van der Waals surface area contributed by atoms with Crippen LogP contribution in [0.25, 0.3) is 0 Å². The van der Waals surface area contributed by atoms with Crippen LogP contribution in [0.2, 0.25) is 0 Å². The summed E-state index contributed by atoms with van der Waals surface area (Å²) in [6.07, 6.45) is 2.44. The molecule has 1 heterocycles. The largest absolute Gasteiger partial charge is 0.397 e. The Hall–Kier alpha value is -1.36. The van der Waals surface area contributed by atoms with E-state index in [1.165, 1.54) is 24.3 Å². The van der Waals surface area contributed by atoms with Crippen molar-refractivity contribution in [3.05, 3.63) is 23.8 Å². The van der Waals surface area contributed by atoms with Crippen molar-refractivity contribution >= 4 is 29.0 Å². The van der Waals surface area contributed by atoms with Crippen molar-refractivity contribution in [3.63, 3.8) is 0 Å². The van der Waals surface area contributed by atoms with Gasteiger partial charge < -0.3 is 16.8 Å². The normalized spacial score (nSPS) is 16.4. The Labute approximate surface area is 111 Å². The molecule has 1 aliphatic rings. The van der Waals surface area contributed by atoms with E-state index in [1.807, 2.05) is 11.8 Å². The van der Waals surface area contributed by atoms with E-state index in [1.54, 1.807) is 18.2 Å². The molecule has 0 aliphatic carbocycles. The van der Waals surface area contributed by atoms with Crippen LogP contribution in [-0.2, 0) is 0 Å². The Morgan fingerprint density at radius 2 is 2.11 bits per heavy atom. The molecule has 1 fully saturated rings. The second-order valence-electron chi connectivity index (χ2n) is 4.57. The molecule has 0 saturated carbocycles. The zero-order valence-electron chi connectivity index (χ0n) is 10.3. The van der Waals surface area contributed by atoms with Crippen LogP contribution in [0.3, 0.4) is 0 Å². The zero-order valence-corrected chi connectivity index (χ0v) is 11.1. The number of rotatable bonds is 4. The molecule has 18 heavy (non-hydrogen) atoms. The average Bonchev–Trinajstić information content (AvgIpc) is 2.38. The van der Waals surface area contributed by atoms with E-state index in [4.69, 9.17) is 11.5 Å². The number of anilines is 2. The van der Waals surface area contributed by atoms with E-state index in [9.17, 15) is 4.79 Å². The van der Waals surface area contributed by atoms with Gasteiger partial charge in [-0.2, -0.15) is 11.8 Å². The molecule has 1 aromatic carbocycles. The third kappa shape index (κ3) is 3.10. The summed E-state index contributed by atoms with van der Waals surface area (Å²) in [5.41, 5.74) is 13.0. The van der Waals surface area contributed by atoms with Gasteiger partial charge in [-0.1, -0.05) is 6.07 Å². The number of hydrogen-bond donors (Lipinski definition) is 3. The molecule has 0 spiro atoms. The van der Waals surface area contributed by atoms with Crippen LogP contribution in [0.1, 0.15) is 23.2 Å².